The van der Waals surface area contributed by atoms with Gasteiger partial charge in [-0.15, -0.1) is 0 Å². The Bertz CT molecular complexity index is 287. The minimum Gasteiger partial charge on any atom is -0.465 e. The van der Waals surface area contributed by atoms with Gasteiger partial charge < -0.3 is 10.0 Å². The van der Waals surface area contributed by atoms with Gasteiger partial charge in [0.1, 0.15) is 0 Å². The summed E-state index contributed by atoms with van der Waals surface area (Å²) in [4.78, 5) is 12.5. The molecule has 0 radical (unpaired) electrons. The third kappa shape index (κ3) is 2.01. The van der Waals surface area contributed by atoms with Gasteiger partial charge >= 0.3 is 6.09 Å². The molecule has 0 aromatic heterocycles. The van der Waals surface area contributed by atoms with E-state index < -0.39 is 6.09 Å². The van der Waals surface area contributed by atoms with Crippen molar-refractivity contribution in [2.45, 2.75) is 45.1 Å². The minimum absolute atomic E-state index is 0.183. The van der Waals surface area contributed by atoms with E-state index in [0.29, 0.717) is 12.0 Å². The maximum atomic E-state index is 10.9. The molecule has 2 aliphatic rings. The highest BCUT2D eigenvalue weighted by atomic mass is 16.4. The van der Waals surface area contributed by atoms with Crippen molar-refractivity contribution < 1.29 is 9.90 Å². The zero-order valence-electron chi connectivity index (χ0n) is 9.28. The van der Waals surface area contributed by atoms with Crippen molar-refractivity contribution in [3.05, 3.63) is 12.2 Å². The summed E-state index contributed by atoms with van der Waals surface area (Å²) >= 11 is 0. The molecule has 1 N–H and O–H groups in total. The molecule has 1 amide bonds. The predicted molar refractivity (Wildman–Crippen MR) is 58.9 cm³/mol. The Morgan fingerprint density at radius 1 is 1.47 bits per heavy atom. The predicted octanol–water partition coefficient (Wildman–Crippen LogP) is 2.88. The van der Waals surface area contributed by atoms with E-state index in [1.54, 1.807) is 4.90 Å². The zero-order chi connectivity index (χ0) is 10.9. The first-order valence-corrected chi connectivity index (χ1v) is 5.78. The standard InChI is InChI=1S/C12H19NO2/c1-10-9-12(5-3-2-4-6-12)7-8-13(10)11(14)15/h2-3,10H,4-9H2,1H3,(H,14,15). The van der Waals surface area contributed by atoms with Gasteiger partial charge in [-0.1, -0.05) is 12.2 Å². The van der Waals surface area contributed by atoms with Crippen LogP contribution >= 0.6 is 0 Å². The van der Waals surface area contributed by atoms with Gasteiger partial charge in [-0.25, -0.2) is 4.79 Å². The number of amides is 1. The quantitative estimate of drug-likeness (QED) is 0.623. The number of piperidine rings is 1. The molecule has 1 saturated heterocycles. The molecule has 0 aromatic rings. The highest BCUT2D eigenvalue weighted by Crippen LogP contribution is 2.44. The summed E-state index contributed by atoms with van der Waals surface area (Å²) in [6.07, 6.45) is 9.37. The van der Waals surface area contributed by atoms with E-state index in [2.05, 4.69) is 12.2 Å². The molecule has 3 nitrogen and oxygen atoms in total. The van der Waals surface area contributed by atoms with E-state index >= 15 is 0 Å². The third-order valence-electron chi connectivity index (χ3n) is 3.95. The van der Waals surface area contributed by atoms with Crippen molar-refractivity contribution in [3.63, 3.8) is 0 Å². The molecule has 0 saturated carbocycles. The van der Waals surface area contributed by atoms with Crippen LogP contribution in [0.5, 0.6) is 0 Å². The van der Waals surface area contributed by atoms with Crippen molar-refractivity contribution in [2.24, 2.45) is 5.41 Å². The molecule has 84 valence electrons. The van der Waals surface area contributed by atoms with Gasteiger partial charge in [-0.05, 0) is 44.4 Å². The van der Waals surface area contributed by atoms with Crippen LogP contribution in [0.15, 0.2) is 12.2 Å². The second kappa shape index (κ2) is 3.87. The summed E-state index contributed by atoms with van der Waals surface area (Å²) in [5.74, 6) is 0. The van der Waals surface area contributed by atoms with E-state index in [9.17, 15) is 4.79 Å². The van der Waals surface area contributed by atoms with Gasteiger partial charge in [0.05, 0.1) is 0 Å². The number of hydrogen-bond acceptors (Lipinski definition) is 1. The monoisotopic (exact) mass is 209 g/mol. The largest absolute Gasteiger partial charge is 0.465 e. The van der Waals surface area contributed by atoms with Crippen LogP contribution in [0.2, 0.25) is 0 Å². The molecule has 3 heteroatoms. The van der Waals surface area contributed by atoms with Gasteiger partial charge in [-0.2, -0.15) is 0 Å². The van der Waals surface area contributed by atoms with Gasteiger partial charge in [0.15, 0.2) is 0 Å². The molecule has 1 spiro atoms. The van der Waals surface area contributed by atoms with Crippen molar-refractivity contribution in [2.75, 3.05) is 6.54 Å². The summed E-state index contributed by atoms with van der Waals surface area (Å²) in [7, 11) is 0. The molecule has 2 rings (SSSR count). The smallest absolute Gasteiger partial charge is 0.407 e. The van der Waals surface area contributed by atoms with Crippen LogP contribution in [0.3, 0.4) is 0 Å². The average Bonchev–Trinajstić information content (AvgIpc) is 2.18. The van der Waals surface area contributed by atoms with E-state index in [-0.39, 0.29) is 6.04 Å². The van der Waals surface area contributed by atoms with Crippen LogP contribution in [0, 0.1) is 5.41 Å². The van der Waals surface area contributed by atoms with Gasteiger partial charge in [-0.3, -0.25) is 0 Å². The second-order valence-corrected chi connectivity index (χ2v) is 4.99. The Hall–Kier alpha value is -0.990. The Morgan fingerprint density at radius 3 is 2.80 bits per heavy atom. The molecule has 1 aliphatic carbocycles. The molecule has 2 unspecified atom stereocenters. The molecule has 1 heterocycles. The Balaban J connectivity index is 2.04. The molecule has 1 aliphatic heterocycles. The van der Waals surface area contributed by atoms with E-state index in [4.69, 9.17) is 5.11 Å². The Labute approximate surface area is 90.8 Å². The highest BCUT2D eigenvalue weighted by Gasteiger charge is 2.39. The van der Waals surface area contributed by atoms with Crippen molar-refractivity contribution >= 4 is 6.09 Å². The van der Waals surface area contributed by atoms with Gasteiger partial charge in [0, 0.05) is 12.6 Å². The van der Waals surface area contributed by atoms with Crippen LogP contribution in [-0.2, 0) is 0 Å². The summed E-state index contributed by atoms with van der Waals surface area (Å²) in [6.45, 7) is 2.75. The maximum Gasteiger partial charge on any atom is 0.407 e. The molecular formula is C12H19NO2. The van der Waals surface area contributed by atoms with Crippen LogP contribution in [0.25, 0.3) is 0 Å². The minimum atomic E-state index is -0.760. The van der Waals surface area contributed by atoms with Crippen molar-refractivity contribution in [1.29, 1.82) is 0 Å². The summed E-state index contributed by atoms with van der Waals surface area (Å²) in [5, 5.41) is 9.01. The number of likely N-dealkylation sites (tertiary alicyclic amines) is 1. The molecule has 0 aromatic carbocycles. The lowest BCUT2D eigenvalue weighted by Gasteiger charge is -2.45. The number of carbonyl (C=O) groups is 1. The van der Waals surface area contributed by atoms with E-state index in [0.717, 1.165) is 19.3 Å². The number of carboxylic acid groups (broad SMARTS) is 1. The highest BCUT2D eigenvalue weighted by molar-refractivity contribution is 5.65. The average molecular weight is 209 g/mol. The van der Waals surface area contributed by atoms with Crippen LogP contribution in [0.1, 0.15) is 39.0 Å². The van der Waals surface area contributed by atoms with E-state index in [1.165, 1.54) is 12.8 Å². The lowest BCUT2D eigenvalue weighted by Crippen LogP contribution is -2.48. The van der Waals surface area contributed by atoms with Gasteiger partial charge in [0.2, 0.25) is 0 Å². The maximum absolute atomic E-state index is 10.9. The van der Waals surface area contributed by atoms with Crippen LogP contribution in [0.4, 0.5) is 4.79 Å². The fourth-order valence-electron chi connectivity index (χ4n) is 3.06. The van der Waals surface area contributed by atoms with Crippen molar-refractivity contribution in [3.8, 4) is 0 Å². The number of rotatable bonds is 0. The Morgan fingerprint density at radius 2 is 2.27 bits per heavy atom. The number of allylic oxidation sites excluding steroid dienone is 2. The lowest BCUT2D eigenvalue weighted by molar-refractivity contribution is 0.0502. The van der Waals surface area contributed by atoms with Gasteiger partial charge in [0.25, 0.3) is 0 Å². The zero-order valence-corrected chi connectivity index (χ0v) is 9.28. The fraction of sp³-hybridized carbons (Fsp3) is 0.750. The number of nitrogens with zero attached hydrogens (tertiary/aromatic N) is 1. The Kier molecular flexibility index (Phi) is 2.72. The summed E-state index contributed by atoms with van der Waals surface area (Å²) < 4.78 is 0. The topological polar surface area (TPSA) is 40.5 Å². The van der Waals surface area contributed by atoms with Crippen LogP contribution in [-0.4, -0.2) is 28.7 Å². The normalized spacial score (nSPS) is 35.8. The first-order chi connectivity index (χ1) is 7.13. The summed E-state index contributed by atoms with van der Waals surface area (Å²) in [6, 6.07) is 0.183. The molecule has 15 heavy (non-hydrogen) atoms. The molecular weight excluding hydrogens is 190 g/mol. The van der Waals surface area contributed by atoms with E-state index in [1.807, 2.05) is 6.92 Å². The SMILES string of the molecule is CC1CC2(CC=CCC2)CCN1C(=O)O. The molecule has 2 atom stereocenters. The van der Waals surface area contributed by atoms with Crippen molar-refractivity contribution in [1.82, 2.24) is 4.90 Å². The first kappa shape index (κ1) is 10.5. The third-order valence-corrected chi connectivity index (χ3v) is 3.95. The molecule has 0 bridgehead atoms. The van der Waals surface area contributed by atoms with Crippen LogP contribution < -0.4 is 0 Å². The summed E-state index contributed by atoms with van der Waals surface area (Å²) in [5.41, 5.74) is 0.403. The number of hydrogen-bond donors (Lipinski definition) is 1. The first-order valence-electron chi connectivity index (χ1n) is 5.78. The fourth-order valence-corrected chi connectivity index (χ4v) is 3.06. The molecule has 1 fully saturated rings. The second-order valence-electron chi connectivity index (χ2n) is 4.99. The lowest BCUT2D eigenvalue weighted by atomic mass is 9.68.